The van der Waals surface area contributed by atoms with Gasteiger partial charge in [-0.15, -0.1) is 0 Å². The first-order chi connectivity index (χ1) is 9.93. The third-order valence-corrected chi connectivity index (χ3v) is 2.63. The molecule has 0 aliphatic heterocycles. The first-order valence-electron chi connectivity index (χ1n) is 6.06. The van der Waals surface area contributed by atoms with Gasteiger partial charge >= 0.3 is 0 Å². The van der Waals surface area contributed by atoms with Crippen LogP contribution in [-0.4, -0.2) is 17.3 Å². The van der Waals surface area contributed by atoms with Gasteiger partial charge in [-0.1, -0.05) is 5.16 Å². The summed E-state index contributed by atoms with van der Waals surface area (Å²) >= 11 is 0. The Bertz CT molecular complexity index is 644. The summed E-state index contributed by atoms with van der Waals surface area (Å²) in [5, 5.41) is 11.2. The molecule has 0 fully saturated rings. The minimum absolute atomic E-state index is 0. The molecule has 1 amide bonds. The van der Waals surface area contributed by atoms with Crippen LogP contribution in [-0.2, 0) is 32.7 Å². The number of hydrogen-bond acceptors (Lipinski definition) is 3. The van der Waals surface area contributed by atoms with Crippen LogP contribution in [0.3, 0.4) is 0 Å². The van der Waals surface area contributed by atoms with Crippen molar-refractivity contribution in [3.63, 3.8) is 0 Å². The van der Waals surface area contributed by atoms with Crippen LogP contribution in [0.25, 0.3) is 0 Å². The number of aryl methyl sites for hydroxylation is 1. The minimum Gasteiger partial charge on any atom is -0.411 e. The molecule has 3 N–H and O–H groups in total. The molecule has 0 aliphatic carbocycles. The number of nitrogens with zero attached hydrogens (tertiary/aromatic N) is 3. The van der Waals surface area contributed by atoms with Gasteiger partial charge in [-0.3, -0.25) is 4.79 Å². The molecule has 7 heteroatoms. The van der Waals surface area contributed by atoms with E-state index in [4.69, 9.17) is 10.9 Å². The van der Waals surface area contributed by atoms with Crippen molar-refractivity contribution in [2.75, 3.05) is 0 Å². The number of nitrogens with two attached hydrogens (primary N) is 1. The Morgan fingerprint density at radius 2 is 1.67 bits per heavy atom. The van der Waals surface area contributed by atoms with E-state index >= 15 is 0 Å². The average molecular weight is 405 g/mol. The Morgan fingerprint density at radius 3 is 2.08 bits per heavy atom. The predicted octanol–water partition coefficient (Wildman–Crippen LogP) is 1.34. The molecule has 2 aromatic rings. The van der Waals surface area contributed by atoms with Gasteiger partial charge in [-0.25, -0.2) is 0 Å². The summed E-state index contributed by atoms with van der Waals surface area (Å²) < 4.78 is 3.29. The van der Waals surface area contributed by atoms with Gasteiger partial charge in [0.05, 0.1) is 31.0 Å². The maximum atomic E-state index is 10.5. The Labute approximate surface area is 169 Å². The summed E-state index contributed by atoms with van der Waals surface area (Å²) in [6.07, 6.45) is 8.39. The Kier molecular flexibility index (Phi) is 15.2. The van der Waals surface area contributed by atoms with E-state index in [0.717, 1.165) is 11.1 Å². The average Bonchev–Trinajstić information content (AvgIpc) is 2.43. The molecular weight excluding hydrogens is 381 g/mol. The second kappa shape index (κ2) is 13.5. The molecule has 0 bridgehead atoms. The van der Waals surface area contributed by atoms with E-state index in [1.807, 2.05) is 19.2 Å². The maximum Gasteiger partial charge on any atom is 0.247 e. The van der Waals surface area contributed by atoms with Crippen molar-refractivity contribution in [2.24, 2.45) is 10.9 Å². The molecule has 24 heavy (non-hydrogen) atoms. The van der Waals surface area contributed by atoms with Crippen LogP contribution in [0.5, 0.6) is 0 Å². The van der Waals surface area contributed by atoms with Crippen LogP contribution < -0.4 is 14.9 Å². The van der Waals surface area contributed by atoms with Crippen molar-refractivity contribution in [2.45, 2.75) is 6.92 Å². The van der Waals surface area contributed by atoms with Gasteiger partial charge in [0, 0.05) is 52.4 Å². The van der Waals surface area contributed by atoms with Crippen LogP contribution in [0.2, 0.25) is 0 Å². The van der Waals surface area contributed by atoms with Crippen molar-refractivity contribution in [3.05, 3.63) is 88.6 Å². The number of primary amides is 1. The zero-order valence-corrected chi connectivity index (χ0v) is 17.2. The van der Waals surface area contributed by atoms with Crippen LogP contribution in [0.4, 0.5) is 0 Å². The van der Waals surface area contributed by atoms with Crippen molar-refractivity contribution in [1.82, 2.24) is 0 Å². The number of carbonyl (C=O) groups is 1. The molecule has 0 atom stereocenters. The largest absolute Gasteiger partial charge is 0.411 e. The van der Waals surface area contributed by atoms with Crippen LogP contribution >= 0.6 is 0 Å². The number of aromatic nitrogens is 2. The van der Waals surface area contributed by atoms with Crippen molar-refractivity contribution in [3.8, 4) is 0 Å². The number of pyridine rings is 2. The van der Waals surface area contributed by atoms with Crippen LogP contribution in [0.1, 0.15) is 21.5 Å². The Morgan fingerprint density at radius 1 is 1.17 bits per heavy atom. The normalized spacial score (nSPS) is 8.71. The molecule has 0 aliphatic rings. The fraction of sp³-hybridized carbons (Fsp3) is 0.0588. The van der Waals surface area contributed by atoms with Gasteiger partial charge in [0.25, 0.3) is 0 Å². The maximum absolute atomic E-state index is 10.5. The number of rotatable bonds is 2. The quantitative estimate of drug-likeness (QED) is 0.260. The van der Waals surface area contributed by atoms with E-state index < -0.39 is 5.91 Å². The molecule has 129 valence electrons. The van der Waals surface area contributed by atoms with E-state index in [0.29, 0.717) is 5.56 Å². The van der Waals surface area contributed by atoms with Crippen LogP contribution in [0.15, 0.2) is 48.1 Å². The summed E-state index contributed by atoms with van der Waals surface area (Å²) in [5.74, 6) is -0.416. The SMILES string of the molecule is [CH2-][n+]1ccc(C(N)=O)cc1.[CH2-][n+]1ccc(C=NO)c(C)c1.[CH3-].[CH3-].[Y]. The molecule has 2 rings (SSSR count). The Balaban J connectivity index is -0.000000328. The van der Waals surface area contributed by atoms with Gasteiger partial charge in [0.15, 0.2) is 0 Å². The molecule has 2 aromatic heterocycles. The molecule has 0 saturated carbocycles. The van der Waals surface area contributed by atoms with Gasteiger partial charge in [0.2, 0.25) is 5.91 Å². The Hall–Kier alpha value is -1.92. The topological polar surface area (TPSA) is 83.4 Å². The second-order valence-corrected chi connectivity index (χ2v) is 4.31. The van der Waals surface area contributed by atoms with E-state index in [2.05, 4.69) is 19.3 Å². The molecular formula is C17H24N4O2Y-2. The number of amides is 1. The first kappa shape index (κ1) is 27.0. The summed E-state index contributed by atoms with van der Waals surface area (Å²) in [6.45, 7) is 1.93. The van der Waals surface area contributed by atoms with Gasteiger partial charge < -0.3 is 34.9 Å². The van der Waals surface area contributed by atoms with Crippen molar-refractivity contribution in [1.29, 1.82) is 0 Å². The number of oxime groups is 1. The molecule has 0 saturated heterocycles. The van der Waals surface area contributed by atoms with Gasteiger partial charge in [0.1, 0.15) is 0 Å². The minimum atomic E-state index is -0.416. The zero-order chi connectivity index (χ0) is 15.8. The summed E-state index contributed by atoms with van der Waals surface area (Å²) in [6, 6.07) is 5.08. The zero-order valence-electron chi connectivity index (χ0n) is 14.4. The number of carbonyl (C=O) groups excluding carboxylic acids is 1. The standard InChI is InChI=1S/C8H10N2O.C7H8N2O.2CH3.Y/c1-7-6-10(2)4-3-8(7)5-9-11;1-9-4-2-6(3-5-9)7(8)10;;;/h3-6,11H,2H2,1H3;2-5H,1H2,(H2,8,10);2*1H3;/q;;2*-1;. The molecule has 6 nitrogen and oxygen atoms in total. The predicted molar refractivity (Wildman–Crippen MR) is 90.2 cm³/mol. The molecule has 0 unspecified atom stereocenters. The number of hydrogen-bond donors (Lipinski definition) is 2. The monoisotopic (exact) mass is 405 g/mol. The summed E-state index contributed by atoms with van der Waals surface area (Å²) in [4.78, 5) is 10.5. The molecule has 0 spiro atoms. The van der Waals surface area contributed by atoms with Gasteiger partial charge in [-0.2, -0.15) is 0 Å². The molecule has 1 radical (unpaired) electrons. The third kappa shape index (κ3) is 9.27. The van der Waals surface area contributed by atoms with E-state index in [-0.39, 0.29) is 47.6 Å². The summed E-state index contributed by atoms with van der Waals surface area (Å²) in [7, 11) is 7.28. The molecule has 0 aromatic carbocycles. The fourth-order valence-electron chi connectivity index (χ4n) is 1.50. The van der Waals surface area contributed by atoms with E-state index in [1.165, 1.54) is 6.21 Å². The van der Waals surface area contributed by atoms with E-state index in [1.54, 1.807) is 39.9 Å². The van der Waals surface area contributed by atoms with E-state index in [9.17, 15) is 4.79 Å². The van der Waals surface area contributed by atoms with Crippen molar-refractivity contribution < 1.29 is 51.8 Å². The first-order valence-corrected chi connectivity index (χ1v) is 6.06. The molecule has 2 heterocycles. The third-order valence-electron chi connectivity index (χ3n) is 2.63. The summed E-state index contributed by atoms with van der Waals surface area (Å²) in [5.41, 5.74) is 7.42. The second-order valence-electron chi connectivity index (χ2n) is 4.31. The van der Waals surface area contributed by atoms with Crippen molar-refractivity contribution >= 4 is 12.1 Å². The van der Waals surface area contributed by atoms with Gasteiger partial charge in [-0.05, 0) is 36.2 Å². The fourth-order valence-corrected chi connectivity index (χ4v) is 1.50. The van der Waals surface area contributed by atoms with Crippen LogP contribution in [0, 0.1) is 35.9 Å². The smallest absolute Gasteiger partial charge is 0.247 e.